The molecule has 1 aliphatic carbocycles. The predicted molar refractivity (Wildman–Crippen MR) is 116 cm³/mol. The smallest absolute Gasteiger partial charge is 0.312 e. The fraction of sp³-hybridized carbons (Fsp3) is 0.522. The van der Waals surface area contributed by atoms with E-state index in [0.717, 1.165) is 35.8 Å². The van der Waals surface area contributed by atoms with Gasteiger partial charge < -0.3 is 9.53 Å². The Kier molecular flexibility index (Phi) is 5.89. The van der Waals surface area contributed by atoms with Crippen LogP contribution in [0.4, 0.5) is 0 Å². The topological polar surface area (TPSA) is 91.9 Å². The van der Waals surface area contributed by atoms with Crippen molar-refractivity contribution in [1.29, 1.82) is 0 Å². The summed E-state index contributed by atoms with van der Waals surface area (Å²) in [4.78, 5) is 32.3. The van der Waals surface area contributed by atoms with E-state index in [4.69, 9.17) is 4.74 Å². The first-order chi connectivity index (χ1) is 14.9. The summed E-state index contributed by atoms with van der Waals surface area (Å²) in [5, 5.41) is 5.44. The molecule has 0 aliphatic heterocycles. The van der Waals surface area contributed by atoms with Crippen LogP contribution in [0.1, 0.15) is 58.9 Å². The van der Waals surface area contributed by atoms with Gasteiger partial charge in [0.1, 0.15) is 18.3 Å². The van der Waals surface area contributed by atoms with E-state index in [0.29, 0.717) is 18.0 Å². The highest BCUT2D eigenvalue weighted by Gasteiger charge is 2.27. The van der Waals surface area contributed by atoms with Gasteiger partial charge in [-0.25, -0.2) is 9.97 Å². The van der Waals surface area contributed by atoms with Crippen molar-refractivity contribution in [2.75, 3.05) is 0 Å². The van der Waals surface area contributed by atoms with E-state index in [9.17, 15) is 9.59 Å². The van der Waals surface area contributed by atoms with Crippen molar-refractivity contribution in [3.8, 4) is 11.3 Å². The normalized spacial score (nSPS) is 16.0. The van der Waals surface area contributed by atoms with Crippen LogP contribution in [0.5, 0.6) is 0 Å². The maximum atomic E-state index is 12.1. The third-order valence-electron chi connectivity index (χ3n) is 6.00. The van der Waals surface area contributed by atoms with Crippen molar-refractivity contribution in [1.82, 2.24) is 24.3 Å². The van der Waals surface area contributed by atoms with Crippen LogP contribution in [-0.2, 0) is 21.1 Å². The fourth-order valence-corrected chi connectivity index (χ4v) is 4.28. The molecule has 0 aromatic carbocycles. The van der Waals surface area contributed by atoms with Crippen molar-refractivity contribution < 1.29 is 14.3 Å². The summed E-state index contributed by atoms with van der Waals surface area (Å²) in [5.41, 5.74) is 1.79. The quantitative estimate of drug-likeness (QED) is 0.418. The number of ether oxygens (including phenoxy) is 1. The molecule has 3 heterocycles. The zero-order valence-corrected chi connectivity index (χ0v) is 18.3. The Morgan fingerprint density at radius 2 is 2.06 bits per heavy atom. The SMILES string of the molecule is CC(C)(C)C(=O)OCn1ccc2c(-c3cnn([C@@H](CC=O)C4CCCC4)c3)ncnc21. The molecule has 0 bridgehead atoms. The number of hydrogen-bond acceptors (Lipinski definition) is 6. The minimum atomic E-state index is -0.560. The maximum Gasteiger partial charge on any atom is 0.312 e. The first kappa shape index (κ1) is 21.2. The average molecular weight is 424 g/mol. The second-order valence-corrected chi connectivity index (χ2v) is 9.28. The molecular weight excluding hydrogens is 394 g/mol. The van der Waals surface area contributed by atoms with Crippen LogP contribution in [0, 0.1) is 11.3 Å². The van der Waals surface area contributed by atoms with Gasteiger partial charge in [0.15, 0.2) is 6.73 Å². The Hall–Kier alpha value is -3.03. The summed E-state index contributed by atoms with van der Waals surface area (Å²) in [6.07, 6.45) is 13.3. The monoisotopic (exact) mass is 423 g/mol. The third kappa shape index (κ3) is 4.38. The van der Waals surface area contributed by atoms with Gasteiger partial charge in [-0.1, -0.05) is 12.8 Å². The molecule has 0 spiro atoms. The van der Waals surface area contributed by atoms with Crippen LogP contribution in [0.3, 0.4) is 0 Å². The summed E-state index contributed by atoms with van der Waals surface area (Å²) in [6, 6.07) is 2.01. The number of rotatable bonds is 7. The van der Waals surface area contributed by atoms with E-state index in [2.05, 4.69) is 15.1 Å². The van der Waals surface area contributed by atoms with E-state index < -0.39 is 5.41 Å². The predicted octanol–water partition coefficient (Wildman–Crippen LogP) is 4.16. The van der Waals surface area contributed by atoms with Crippen molar-refractivity contribution in [3.05, 3.63) is 31.0 Å². The van der Waals surface area contributed by atoms with Gasteiger partial charge in [-0.3, -0.25) is 14.0 Å². The van der Waals surface area contributed by atoms with Crippen LogP contribution in [0.15, 0.2) is 31.0 Å². The Bertz CT molecular complexity index is 1070. The minimum Gasteiger partial charge on any atom is -0.443 e. The number of carbonyl (C=O) groups excluding carboxylic acids is 2. The molecule has 164 valence electrons. The molecular formula is C23H29N5O3. The molecule has 8 nitrogen and oxygen atoms in total. The number of aldehydes is 1. The van der Waals surface area contributed by atoms with Gasteiger partial charge in [-0.2, -0.15) is 5.10 Å². The zero-order chi connectivity index (χ0) is 22.0. The molecule has 8 heteroatoms. The molecule has 0 saturated heterocycles. The first-order valence-corrected chi connectivity index (χ1v) is 10.8. The Morgan fingerprint density at radius 3 is 2.77 bits per heavy atom. The molecule has 1 fully saturated rings. The van der Waals surface area contributed by atoms with E-state index >= 15 is 0 Å². The maximum absolute atomic E-state index is 12.1. The molecule has 1 saturated carbocycles. The molecule has 3 aromatic heterocycles. The van der Waals surface area contributed by atoms with Gasteiger partial charge in [0.25, 0.3) is 0 Å². The van der Waals surface area contributed by atoms with E-state index in [1.165, 1.54) is 19.2 Å². The van der Waals surface area contributed by atoms with Gasteiger partial charge >= 0.3 is 5.97 Å². The summed E-state index contributed by atoms with van der Waals surface area (Å²) >= 11 is 0. The van der Waals surface area contributed by atoms with E-state index in [1.807, 2.05) is 43.9 Å². The van der Waals surface area contributed by atoms with Crippen molar-refractivity contribution in [2.45, 2.75) is 65.6 Å². The van der Waals surface area contributed by atoms with Gasteiger partial charge in [0, 0.05) is 29.8 Å². The van der Waals surface area contributed by atoms with Crippen molar-refractivity contribution in [3.63, 3.8) is 0 Å². The number of esters is 1. The van der Waals surface area contributed by atoms with Crippen LogP contribution in [0.25, 0.3) is 22.3 Å². The number of fused-ring (bicyclic) bond motifs is 1. The molecule has 1 aliphatic rings. The highest BCUT2D eigenvalue weighted by Crippen LogP contribution is 2.36. The largest absolute Gasteiger partial charge is 0.443 e. The van der Waals surface area contributed by atoms with Gasteiger partial charge in [-0.05, 0) is 45.6 Å². The molecule has 1 atom stereocenters. The lowest BCUT2D eigenvalue weighted by Gasteiger charge is -2.21. The standard InChI is InChI=1S/C23H29N5O3/c1-23(2,3)22(30)31-15-27-10-8-18-20(24-14-25-21(18)27)17-12-26-28(13-17)19(9-11-29)16-6-4-5-7-16/h8,10-14,16,19H,4-7,9,15H2,1-3H3/t19-/m0/s1. The number of aromatic nitrogens is 5. The second kappa shape index (κ2) is 8.61. The molecule has 0 unspecified atom stereocenters. The first-order valence-electron chi connectivity index (χ1n) is 10.8. The highest BCUT2D eigenvalue weighted by molar-refractivity contribution is 5.90. The van der Waals surface area contributed by atoms with Crippen molar-refractivity contribution in [2.24, 2.45) is 11.3 Å². The molecule has 0 amide bonds. The van der Waals surface area contributed by atoms with E-state index in [-0.39, 0.29) is 18.7 Å². The van der Waals surface area contributed by atoms with Gasteiger partial charge in [-0.15, -0.1) is 0 Å². The van der Waals surface area contributed by atoms with Crippen LogP contribution in [-0.4, -0.2) is 36.6 Å². The molecule has 31 heavy (non-hydrogen) atoms. The Balaban J connectivity index is 1.60. The summed E-state index contributed by atoms with van der Waals surface area (Å²) in [5.74, 6) is 0.222. The molecule has 3 aromatic rings. The second-order valence-electron chi connectivity index (χ2n) is 9.28. The third-order valence-corrected chi connectivity index (χ3v) is 6.00. The Morgan fingerprint density at radius 1 is 1.29 bits per heavy atom. The highest BCUT2D eigenvalue weighted by atomic mass is 16.5. The summed E-state index contributed by atoms with van der Waals surface area (Å²) < 4.78 is 9.16. The van der Waals surface area contributed by atoms with Crippen LogP contribution in [0.2, 0.25) is 0 Å². The number of nitrogens with zero attached hydrogens (tertiary/aromatic N) is 5. The lowest BCUT2D eigenvalue weighted by molar-refractivity contribution is -0.156. The fourth-order valence-electron chi connectivity index (χ4n) is 4.28. The minimum absolute atomic E-state index is 0.0903. The summed E-state index contributed by atoms with van der Waals surface area (Å²) in [6.45, 7) is 5.57. The lowest BCUT2D eigenvalue weighted by atomic mass is 9.96. The molecule has 0 radical (unpaired) electrons. The zero-order valence-electron chi connectivity index (χ0n) is 18.3. The van der Waals surface area contributed by atoms with Gasteiger partial charge in [0.2, 0.25) is 0 Å². The average Bonchev–Trinajstić information content (AvgIpc) is 3.50. The molecule has 0 N–H and O–H groups in total. The summed E-state index contributed by atoms with van der Waals surface area (Å²) in [7, 11) is 0. The van der Waals surface area contributed by atoms with Crippen molar-refractivity contribution >= 4 is 23.3 Å². The van der Waals surface area contributed by atoms with Crippen LogP contribution < -0.4 is 0 Å². The lowest BCUT2D eigenvalue weighted by Crippen LogP contribution is -2.23. The number of hydrogen-bond donors (Lipinski definition) is 0. The van der Waals surface area contributed by atoms with E-state index in [1.54, 1.807) is 10.8 Å². The van der Waals surface area contributed by atoms with Gasteiger partial charge in [0.05, 0.1) is 23.3 Å². The number of carbonyl (C=O) groups is 2. The van der Waals surface area contributed by atoms with Crippen LogP contribution >= 0.6 is 0 Å². The molecule has 4 rings (SSSR count). The Labute approximate surface area is 181 Å².